The molecule has 0 radical (unpaired) electrons. The largest absolute Gasteiger partial charge is 0.411 e. The van der Waals surface area contributed by atoms with Crippen molar-refractivity contribution >= 4 is 15.7 Å². The summed E-state index contributed by atoms with van der Waals surface area (Å²) in [7, 11) is -3.12. The van der Waals surface area contributed by atoms with Crippen LogP contribution in [0, 0.1) is 0 Å². The molecule has 0 spiro atoms. The summed E-state index contributed by atoms with van der Waals surface area (Å²) in [4.78, 5) is 11.1. The topological polar surface area (TPSA) is 72.5 Å². The van der Waals surface area contributed by atoms with E-state index < -0.39 is 41.2 Å². The van der Waals surface area contributed by atoms with E-state index in [9.17, 15) is 26.4 Å². The molecule has 0 bridgehead atoms. The molecular weight excluding hydrogens is 263 g/mol. The Balaban J connectivity index is 2.22. The summed E-state index contributed by atoms with van der Waals surface area (Å²) in [6, 6.07) is -0.526. The van der Waals surface area contributed by atoms with Crippen molar-refractivity contribution in [2.75, 3.05) is 24.7 Å². The van der Waals surface area contributed by atoms with Gasteiger partial charge in [0.05, 0.1) is 11.5 Å². The SMILES string of the molecule is O=C(COCC(F)(F)F)N[C@@H]1CCS(=O)(=O)C1. The van der Waals surface area contributed by atoms with Crippen LogP contribution < -0.4 is 5.32 Å². The van der Waals surface area contributed by atoms with Crippen molar-refractivity contribution in [3.05, 3.63) is 0 Å². The van der Waals surface area contributed by atoms with Crippen LogP contribution in [0.1, 0.15) is 6.42 Å². The summed E-state index contributed by atoms with van der Waals surface area (Å²) in [5.74, 6) is -0.921. The van der Waals surface area contributed by atoms with Crippen LogP contribution in [0.3, 0.4) is 0 Å². The number of nitrogens with one attached hydrogen (secondary N) is 1. The van der Waals surface area contributed by atoms with Gasteiger partial charge in [-0.2, -0.15) is 13.2 Å². The minimum Gasteiger partial charge on any atom is -0.362 e. The Morgan fingerprint density at radius 2 is 2.06 bits per heavy atom. The molecule has 0 unspecified atom stereocenters. The molecule has 0 aromatic heterocycles. The number of hydrogen-bond acceptors (Lipinski definition) is 4. The predicted octanol–water partition coefficient (Wildman–Crippen LogP) is -0.131. The average Bonchev–Trinajstić information content (AvgIpc) is 2.42. The number of carbonyl (C=O) groups excluding carboxylic acids is 1. The third-order valence-electron chi connectivity index (χ3n) is 2.10. The molecule has 1 amide bonds. The number of carbonyl (C=O) groups is 1. The fraction of sp³-hybridized carbons (Fsp3) is 0.875. The lowest BCUT2D eigenvalue weighted by molar-refractivity contribution is -0.175. The molecule has 5 nitrogen and oxygen atoms in total. The molecule has 9 heteroatoms. The number of rotatable bonds is 4. The van der Waals surface area contributed by atoms with E-state index in [2.05, 4.69) is 10.1 Å². The first-order chi connectivity index (χ1) is 7.68. The molecule has 1 N–H and O–H groups in total. The summed E-state index contributed by atoms with van der Waals surface area (Å²) in [5.41, 5.74) is 0. The third kappa shape index (κ3) is 5.87. The van der Waals surface area contributed by atoms with Gasteiger partial charge in [0.25, 0.3) is 0 Å². The minimum atomic E-state index is -4.48. The molecule has 1 rings (SSSR count). The van der Waals surface area contributed by atoms with Gasteiger partial charge in [0.2, 0.25) is 5.91 Å². The normalized spacial score (nSPS) is 23.6. The van der Waals surface area contributed by atoms with Crippen molar-refractivity contribution in [3.8, 4) is 0 Å². The third-order valence-corrected chi connectivity index (χ3v) is 3.86. The second kappa shape index (κ2) is 5.21. The fourth-order valence-electron chi connectivity index (χ4n) is 1.44. The summed E-state index contributed by atoms with van der Waals surface area (Å²) >= 11 is 0. The van der Waals surface area contributed by atoms with Gasteiger partial charge < -0.3 is 10.1 Å². The number of alkyl halides is 3. The predicted molar refractivity (Wildman–Crippen MR) is 52.1 cm³/mol. The van der Waals surface area contributed by atoms with Crippen LogP contribution in [0.15, 0.2) is 0 Å². The highest BCUT2D eigenvalue weighted by atomic mass is 32.2. The molecule has 100 valence electrons. The summed E-state index contributed by atoms with van der Waals surface area (Å²) in [6.45, 7) is -2.22. The number of ether oxygens (including phenoxy) is 1. The molecule has 1 aliphatic rings. The van der Waals surface area contributed by atoms with Gasteiger partial charge in [-0.05, 0) is 6.42 Å². The highest BCUT2D eigenvalue weighted by Crippen LogP contribution is 2.14. The molecule has 0 saturated carbocycles. The minimum absolute atomic E-state index is 0.0125. The zero-order valence-electron chi connectivity index (χ0n) is 8.79. The van der Waals surface area contributed by atoms with Gasteiger partial charge in [0.1, 0.15) is 13.2 Å². The first-order valence-corrected chi connectivity index (χ1v) is 6.64. The van der Waals surface area contributed by atoms with Gasteiger partial charge >= 0.3 is 6.18 Å². The number of amides is 1. The maximum atomic E-state index is 11.7. The van der Waals surface area contributed by atoms with Crippen LogP contribution in [-0.2, 0) is 19.4 Å². The Hall–Kier alpha value is -0.830. The van der Waals surface area contributed by atoms with E-state index in [1.165, 1.54) is 0 Å². The molecule has 1 saturated heterocycles. The number of sulfone groups is 1. The molecule has 1 atom stereocenters. The summed E-state index contributed by atoms with van der Waals surface area (Å²) in [6.07, 6.45) is -4.19. The van der Waals surface area contributed by atoms with E-state index in [0.29, 0.717) is 0 Å². The van der Waals surface area contributed by atoms with Gasteiger partial charge in [-0.15, -0.1) is 0 Å². The summed E-state index contributed by atoms with van der Waals surface area (Å²) in [5, 5.41) is 2.31. The van der Waals surface area contributed by atoms with Crippen LogP contribution in [-0.4, -0.2) is 51.3 Å². The van der Waals surface area contributed by atoms with E-state index >= 15 is 0 Å². The number of halogens is 3. The van der Waals surface area contributed by atoms with Crippen LogP contribution in [0.4, 0.5) is 13.2 Å². The molecule has 1 heterocycles. The van der Waals surface area contributed by atoms with E-state index in [1.807, 2.05) is 0 Å². The lowest BCUT2D eigenvalue weighted by Gasteiger charge is -2.11. The highest BCUT2D eigenvalue weighted by molar-refractivity contribution is 7.91. The van der Waals surface area contributed by atoms with Gasteiger partial charge in [-0.25, -0.2) is 8.42 Å². The Labute approximate surface area is 96.2 Å². The Kier molecular flexibility index (Phi) is 4.36. The van der Waals surface area contributed by atoms with Crippen molar-refractivity contribution in [2.24, 2.45) is 0 Å². The summed E-state index contributed by atoms with van der Waals surface area (Å²) < 4.78 is 61.2. The Morgan fingerprint density at radius 3 is 2.53 bits per heavy atom. The smallest absolute Gasteiger partial charge is 0.362 e. The zero-order valence-corrected chi connectivity index (χ0v) is 9.60. The lowest BCUT2D eigenvalue weighted by atomic mass is 10.2. The van der Waals surface area contributed by atoms with E-state index in [0.717, 1.165) is 0 Å². The van der Waals surface area contributed by atoms with Crippen molar-refractivity contribution in [1.82, 2.24) is 5.32 Å². The molecule has 0 aliphatic carbocycles. The second-order valence-electron chi connectivity index (χ2n) is 3.78. The van der Waals surface area contributed by atoms with Crippen LogP contribution in [0.2, 0.25) is 0 Å². The quantitative estimate of drug-likeness (QED) is 0.775. The first-order valence-electron chi connectivity index (χ1n) is 4.82. The van der Waals surface area contributed by atoms with E-state index in [4.69, 9.17) is 0 Å². The standard InChI is InChI=1S/C8H12F3NO4S/c9-8(10,11)5-16-3-7(13)12-6-1-2-17(14,15)4-6/h6H,1-5H2,(H,12,13)/t6-/m1/s1. The molecule has 0 aromatic carbocycles. The van der Waals surface area contributed by atoms with Gasteiger partial charge in [0.15, 0.2) is 9.84 Å². The first kappa shape index (κ1) is 14.2. The fourth-order valence-corrected chi connectivity index (χ4v) is 3.11. The van der Waals surface area contributed by atoms with Gasteiger partial charge in [0, 0.05) is 6.04 Å². The van der Waals surface area contributed by atoms with E-state index in [1.54, 1.807) is 0 Å². The maximum Gasteiger partial charge on any atom is 0.411 e. The molecule has 1 aliphatic heterocycles. The lowest BCUT2D eigenvalue weighted by Crippen LogP contribution is -2.38. The van der Waals surface area contributed by atoms with Gasteiger partial charge in [-0.3, -0.25) is 4.79 Å². The Morgan fingerprint density at radius 1 is 1.41 bits per heavy atom. The van der Waals surface area contributed by atoms with Crippen LogP contribution >= 0.6 is 0 Å². The van der Waals surface area contributed by atoms with E-state index in [-0.39, 0.29) is 17.9 Å². The van der Waals surface area contributed by atoms with Crippen LogP contribution in [0.5, 0.6) is 0 Å². The Bertz CT molecular complexity index is 379. The van der Waals surface area contributed by atoms with Gasteiger partial charge in [-0.1, -0.05) is 0 Å². The van der Waals surface area contributed by atoms with Crippen molar-refractivity contribution in [2.45, 2.75) is 18.6 Å². The second-order valence-corrected chi connectivity index (χ2v) is 6.00. The highest BCUT2D eigenvalue weighted by Gasteiger charge is 2.30. The molecule has 0 aromatic rings. The van der Waals surface area contributed by atoms with Crippen molar-refractivity contribution in [3.63, 3.8) is 0 Å². The van der Waals surface area contributed by atoms with Crippen molar-refractivity contribution in [1.29, 1.82) is 0 Å². The molecule has 17 heavy (non-hydrogen) atoms. The van der Waals surface area contributed by atoms with Crippen molar-refractivity contribution < 1.29 is 31.1 Å². The number of hydrogen-bond donors (Lipinski definition) is 1. The molecular formula is C8H12F3NO4S. The maximum absolute atomic E-state index is 11.7. The average molecular weight is 275 g/mol. The zero-order chi connectivity index (χ0) is 13.1. The van der Waals surface area contributed by atoms with Crippen LogP contribution in [0.25, 0.3) is 0 Å². The molecule has 1 fully saturated rings. The monoisotopic (exact) mass is 275 g/mol.